The van der Waals surface area contributed by atoms with Gasteiger partial charge < -0.3 is 9.55 Å². The quantitative estimate of drug-likeness (QED) is 0.358. The molecular formula is C23H22N2. The Hall–Kier alpha value is -2.74. The highest BCUT2D eigenvalue weighted by molar-refractivity contribution is 6.24. The van der Waals surface area contributed by atoms with Crippen LogP contribution >= 0.6 is 0 Å². The molecule has 3 aromatic carbocycles. The van der Waals surface area contributed by atoms with E-state index in [9.17, 15) is 0 Å². The predicted octanol–water partition coefficient (Wildman–Crippen LogP) is 6.62. The fraction of sp³-hybridized carbons (Fsp3) is 0.217. The maximum absolute atomic E-state index is 3.68. The third-order valence-electron chi connectivity index (χ3n) is 5.40. The minimum absolute atomic E-state index is 1.09. The third-order valence-corrected chi connectivity index (χ3v) is 5.40. The highest BCUT2D eigenvalue weighted by atomic mass is 15.0. The summed E-state index contributed by atoms with van der Waals surface area (Å²) in [5.41, 5.74) is 5.17. The summed E-state index contributed by atoms with van der Waals surface area (Å²) in [5.74, 6) is 0. The van der Waals surface area contributed by atoms with E-state index in [1.807, 2.05) is 0 Å². The van der Waals surface area contributed by atoms with E-state index in [2.05, 4.69) is 77.1 Å². The zero-order valence-electron chi connectivity index (χ0n) is 14.5. The minimum Gasteiger partial charge on any atom is -0.354 e. The zero-order valence-corrected chi connectivity index (χ0v) is 14.5. The Labute approximate surface area is 147 Å². The van der Waals surface area contributed by atoms with Crippen molar-refractivity contribution >= 4 is 43.6 Å². The Bertz CT molecular complexity index is 1210. The van der Waals surface area contributed by atoms with Gasteiger partial charge in [0.2, 0.25) is 0 Å². The van der Waals surface area contributed by atoms with Crippen molar-refractivity contribution in [3.8, 4) is 0 Å². The molecule has 5 rings (SSSR count). The van der Waals surface area contributed by atoms with Gasteiger partial charge in [0.05, 0.1) is 11.0 Å². The monoisotopic (exact) mass is 326 g/mol. The van der Waals surface area contributed by atoms with Gasteiger partial charge in [0.25, 0.3) is 0 Å². The Morgan fingerprint density at radius 2 is 1.56 bits per heavy atom. The van der Waals surface area contributed by atoms with Crippen LogP contribution in [0.4, 0.5) is 0 Å². The van der Waals surface area contributed by atoms with Gasteiger partial charge in [-0.15, -0.1) is 0 Å². The normalized spacial score (nSPS) is 12.0. The summed E-state index contributed by atoms with van der Waals surface area (Å²) < 4.78 is 2.51. The lowest BCUT2D eigenvalue weighted by atomic mass is 10.1. The van der Waals surface area contributed by atoms with Crippen LogP contribution in [0, 0.1) is 0 Å². The molecule has 0 spiro atoms. The van der Waals surface area contributed by atoms with Crippen LogP contribution in [0.25, 0.3) is 43.6 Å². The predicted molar refractivity (Wildman–Crippen MR) is 108 cm³/mol. The first-order chi connectivity index (χ1) is 12.4. The van der Waals surface area contributed by atoms with Gasteiger partial charge in [-0.1, -0.05) is 62.2 Å². The number of nitrogens with zero attached hydrogens (tertiary/aromatic N) is 1. The number of para-hydroxylation sites is 2. The lowest BCUT2D eigenvalue weighted by Gasteiger charge is -2.06. The second-order valence-corrected chi connectivity index (χ2v) is 6.93. The molecule has 0 bridgehead atoms. The van der Waals surface area contributed by atoms with E-state index >= 15 is 0 Å². The molecule has 2 nitrogen and oxygen atoms in total. The van der Waals surface area contributed by atoms with Gasteiger partial charge in [-0.05, 0) is 24.6 Å². The number of aryl methyl sites for hydroxylation is 1. The van der Waals surface area contributed by atoms with Gasteiger partial charge >= 0.3 is 0 Å². The van der Waals surface area contributed by atoms with E-state index in [1.54, 1.807) is 0 Å². The summed E-state index contributed by atoms with van der Waals surface area (Å²) in [6, 6.07) is 22.0. The molecular weight excluding hydrogens is 304 g/mol. The third kappa shape index (κ3) is 2.10. The highest BCUT2D eigenvalue weighted by Crippen LogP contribution is 2.37. The van der Waals surface area contributed by atoms with Crippen molar-refractivity contribution in [2.75, 3.05) is 0 Å². The minimum atomic E-state index is 1.09. The van der Waals surface area contributed by atoms with E-state index in [-0.39, 0.29) is 0 Å². The number of aromatic nitrogens is 2. The van der Waals surface area contributed by atoms with Crippen LogP contribution in [0.2, 0.25) is 0 Å². The van der Waals surface area contributed by atoms with E-state index in [0.29, 0.717) is 0 Å². The topological polar surface area (TPSA) is 20.7 Å². The van der Waals surface area contributed by atoms with Crippen LogP contribution in [0.5, 0.6) is 0 Å². The van der Waals surface area contributed by atoms with Gasteiger partial charge in [0.1, 0.15) is 0 Å². The number of aromatic amines is 1. The van der Waals surface area contributed by atoms with Crippen molar-refractivity contribution in [2.45, 2.75) is 32.7 Å². The van der Waals surface area contributed by atoms with Crippen LogP contribution in [0.15, 0.2) is 60.7 Å². The maximum Gasteiger partial charge on any atom is 0.0566 e. The van der Waals surface area contributed by atoms with Crippen LogP contribution in [-0.4, -0.2) is 9.55 Å². The summed E-state index contributed by atoms with van der Waals surface area (Å²) in [6.07, 6.45) is 3.76. The first-order valence-electron chi connectivity index (χ1n) is 9.29. The number of hydrogen-bond donors (Lipinski definition) is 1. The molecule has 0 unspecified atom stereocenters. The molecule has 0 saturated carbocycles. The standard InChI is InChI=1S/C23H22N2/c1-2-3-8-15-25-20-12-7-5-10-18(20)22-21(25)14-13-17-16-9-4-6-11-19(16)24-23(17)22/h4-7,9-14,24H,2-3,8,15H2,1H3. The van der Waals surface area contributed by atoms with Crippen LogP contribution in [0.1, 0.15) is 26.2 Å². The fourth-order valence-electron chi connectivity index (χ4n) is 4.22. The van der Waals surface area contributed by atoms with Gasteiger partial charge in [-0.25, -0.2) is 0 Å². The molecule has 0 radical (unpaired) electrons. The molecule has 25 heavy (non-hydrogen) atoms. The molecule has 2 heteroatoms. The Morgan fingerprint density at radius 3 is 2.44 bits per heavy atom. The summed E-state index contributed by atoms with van der Waals surface area (Å²) in [5, 5.41) is 5.34. The SMILES string of the molecule is CCCCCn1c2ccccc2c2c3[nH]c4ccccc4c3ccc21. The van der Waals surface area contributed by atoms with E-state index in [0.717, 1.165) is 6.54 Å². The molecule has 2 aromatic heterocycles. The van der Waals surface area contributed by atoms with Crippen LogP contribution in [0.3, 0.4) is 0 Å². The number of fused-ring (bicyclic) bond motifs is 7. The number of rotatable bonds is 4. The summed E-state index contributed by atoms with van der Waals surface area (Å²) in [7, 11) is 0. The lowest BCUT2D eigenvalue weighted by molar-refractivity contribution is 0.627. The zero-order chi connectivity index (χ0) is 16.8. The molecule has 0 aliphatic rings. The summed E-state index contributed by atoms with van der Waals surface area (Å²) >= 11 is 0. The van der Waals surface area contributed by atoms with Crippen molar-refractivity contribution in [1.29, 1.82) is 0 Å². The molecule has 0 aliphatic heterocycles. The second-order valence-electron chi connectivity index (χ2n) is 6.93. The van der Waals surface area contributed by atoms with E-state index in [4.69, 9.17) is 0 Å². The Kier molecular flexibility index (Phi) is 3.30. The first kappa shape index (κ1) is 14.6. The Balaban J connectivity index is 1.89. The highest BCUT2D eigenvalue weighted by Gasteiger charge is 2.15. The molecule has 2 heterocycles. The van der Waals surface area contributed by atoms with Crippen molar-refractivity contribution in [2.24, 2.45) is 0 Å². The number of benzene rings is 3. The number of nitrogens with one attached hydrogen (secondary N) is 1. The molecule has 0 aliphatic carbocycles. The molecule has 0 saturated heterocycles. The molecule has 0 atom stereocenters. The van der Waals surface area contributed by atoms with Gasteiger partial charge in [0.15, 0.2) is 0 Å². The van der Waals surface area contributed by atoms with E-state index in [1.165, 1.54) is 62.9 Å². The second kappa shape index (κ2) is 5.66. The number of unbranched alkanes of at least 4 members (excludes halogenated alkanes) is 2. The summed E-state index contributed by atoms with van der Waals surface area (Å²) in [4.78, 5) is 3.68. The van der Waals surface area contributed by atoms with Gasteiger partial charge in [-0.3, -0.25) is 0 Å². The fourth-order valence-corrected chi connectivity index (χ4v) is 4.22. The molecule has 124 valence electrons. The Morgan fingerprint density at radius 1 is 0.760 bits per heavy atom. The maximum atomic E-state index is 3.68. The average molecular weight is 326 g/mol. The lowest BCUT2D eigenvalue weighted by Crippen LogP contribution is -1.97. The summed E-state index contributed by atoms with van der Waals surface area (Å²) in [6.45, 7) is 3.35. The molecule has 5 aromatic rings. The largest absolute Gasteiger partial charge is 0.354 e. The van der Waals surface area contributed by atoms with Crippen molar-refractivity contribution in [1.82, 2.24) is 9.55 Å². The molecule has 0 amide bonds. The average Bonchev–Trinajstić information content (AvgIpc) is 3.18. The van der Waals surface area contributed by atoms with Crippen LogP contribution < -0.4 is 0 Å². The number of hydrogen-bond acceptors (Lipinski definition) is 0. The van der Waals surface area contributed by atoms with E-state index < -0.39 is 0 Å². The van der Waals surface area contributed by atoms with Crippen molar-refractivity contribution < 1.29 is 0 Å². The van der Waals surface area contributed by atoms with Gasteiger partial charge in [-0.2, -0.15) is 0 Å². The van der Waals surface area contributed by atoms with Crippen molar-refractivity contribution in [3.05, 3.63) is 60.7 Å². The smallest absolute Gasteiger partial charge is 0.0566 e. The number of H-pyrrole nitrogens is 1. The first-order valence-corrected chi connectivity index (χ1v) is 9.29. The molecule has 1 N–H and O–H groups in total. The molecule has 0 fully saturated rings. The van der Waals surface area contributed by atoms with Gasteiger partial charge in [0, 0.05) is 39.1 Å². The van der Waals surface area contributed by atoms with Crippen LogP contribution in [-0.2, 0) is 6.54 Å². The van der Waals surface area contributed by atoms with Crippen molar-refractivity contribution in [3.63, 3.8) is 0 Å².